The molecule has 0 radical (unpaired) electrons. The van der Waals surface area contributed by atoms with Crippen molar-refractivity contribution in [1.29, 1.82) is 5.41 Å². The van der Waals surface area contributed by atoms with Crippen molar-refractivity contribution >= 4 is 5.90 Å². The van der Waals surface area contributed by atoms with E-state index in [1.165, 1.54) is 5.56 Å². The molecule has 1 N–H and O–H groups in total. The van der Waals surface area contributed by atoms with Gasteiger partial charge in [-0.25, -0.2) is 0 Å². The van der Waals surface area contributed by atoms with E-state index in [1.807, 2.05) is 19.1 Å². The standard InChI is InChI=1S/C17H28N2O/c1-6-16(13(3)12-19(4)5)14-9-8-10-15(11-14)20-17(18)7-2/h8-11,13,16,18H,6-7,12H2,1-5H3. The third kappa shape index (κ3) is 4.97. The van der Waals surface area contributed by atoms with Crippen molar-refractivity contribution in [2.45, 2.75) is 39.5 Å². The lowest BCUT2D eigenvalue weighted by Gasteiger charge is -2.26. The first-order chi connectivity index (χ1) is 9.47. The van der Waals surface area contributed by atoms with Crippen molar-refractivity contribution < 1.29 is 4.74 Å². The molecule has 0 saturated heterocycles. The summed E-state index contributed by atoms with van der Waals surface area (Å²) in [7, 11) is 4.23. The predicted octanol–water partition coefficient (Wildman–Crippen LogP) is 4.14. The van der Waals surface area contributed by atoms with Crippen molar-refractivity contribution in [2.24, 2.45) is 5.92 Å². The molecule has 20 heavy (non-hydrogen) atoms. The first kappa shape index (κ1) is 16.7. The number of ether oxygens (including phenoxy) is 1. The Hall–Kier alpha value is -1.35. The number of benzene rings is 1. The minimum atomic E-state index is 0.316. The van der Waals surface area contributed by atoms with Gasteiger partial charge in [0.05, 0.1) is 0 Å². The van der Waals surface area contributed by atoms with E-state index in [2.05, 4.69) is 45.0 Å². The Morgan fingerprint density at radius 2 is 2.00 bits per heavy atom. The van der Waals surface area contributed by atoms with Crippen LogP contribution in [0.3, 0.4) is 0 Å². The van der Waals surface area contributed by atoms with Crippen LogP contribution in [0, 0.1) is 11.3 Å². The van der Waals surface area contributed by atoms with E-state index >= 15 is 0 Å². The average molecular weight is 276 g/mol. The van der Waals surface area contributed by atoms with Gasteiger partial charge in [0, 0.05) is 13.0 Å². The van der Waals surface area contributed by atoms with Gasteiger partial charge in [-0.05, 0) is 50.0 Å². The van der Waals surface area contributed by atoms with Crippen LogP contribution in [-0.2, 0) is 0 Å². The Balaban J connectivity index is 2.87. The van der Waals surface area contributed by atoms with Gasteiger partial charge in [-0.15, -0.1) is 0 Å². The number of hydrogen-bond acceptors (Lipinski definition) is 3. The first-order valence-corrected chi connectivity index (χ1v) is 7.47. The fraction of sp³-hybridized carbons (Fsp3) is 0.588. The van der Waals surface area contributed by atoms with Crippen LogP contribution >= 0.6 is 0 Å². The third-order valence-electron chi connectivity index (χ3n) is 3.63. The fourth-order valence-corrected chi connectivity index (χ4v) is 2.69. The van der Waals surface area contributed by atoms with Crippen LogP contribution < -0.4 is 4.74 Å². The Kier molecular flexibility index (Phi) is 6.73. The number of nitrogens with zero attached hydrogens (tertiary/aromatic N) is 1. The topological polar surface area (TPSA) is 36.3 Å². The van der Waals surface area contributed by atoms with E-state index in [1.54, 1.807) is 0 Å². The van der Waals surface area contributed by atoms with Gasteiger partial charge in [0.15, 0.2) is 5.90 Å². The Labute approximate surface area is 123 Å². The molecule has 2 unspecified atom stereocenters. The average Bonchev–Trinajstić information content (AvgIpc) is 2.39. The van der Waals surface area contributed by atoms with E-state index in [-0.39, 0.29) is 0 Å². The summed E-state index contributed by atoms with van der Waals surface area (Å²) in [6.07, 6.45) is 1.74. The lowest BCUT2D eigenvalue weighted by molar-refractivity contribution is 0.301. The van der Waals surface area contributed by atoms with Crippen molar-refractivity contribution in [2.75, 3.05) is 20.6 Å². The highest BCUT2D eigenvalue weighted by Crippen LogP contribution is 2.30. The van der Waals surface area contributed by atoms with Gasteiger partial charge in [-0.2, -0.15) is 0 Å². The quantitative estimate of drug-likeness (QED) is 0.600. The molecule has 0 saturated carbocycles. The van der Waals surface area contributed by atoms with Gasteiger partial charge in [0.25, 0.3) is 0 Å². The molecular formula is C17H28N2O. The molecule has 1 rings (SSSR count). The smallest absolute Gasteiger partial charge is 0.187 e. The molecule has 0 heterocycles. The summed E-state index contributed by atoms with van der Waals surface area (Å²) >= 11 is 0. The molecule has 3 heteroatoms. The maximum atomic E-state index is 7.65. The lowest BCUT2D eigenvalue weighted by atomic mass is 9.85. The van der Waals surface area contributed by atoms with Crippen LogP contribution in [-0.4, -0.2) is 31.4 Å². The Morgan fingerprint density at radius 3 is 2.55 bits per heavy atom. The summed E-state index contributed by atoms with van der Waals surface area (Å²) in [5.74, 6) is 2.22. The fourth-order valence-electron chi connectivity index (χ4n) is 2.69. The molecule has 0 fully saturated rings. The summed E-state index contributed by atoms with van der Waals surface area (Å²) in [5, 5.41) is 7.65. The predicted molar refractivity (Wildman–Crippen MR) is 85.8 cm³/mol. The second-order valence-electron chi connectivity index (χ2n) is 5.71. The molecule has 0 aliphatic carbocycles. The molecule has 3 nitrogen and oxygen atoms in total. The van der Waals surface area contributed by atoms with E-state index in [0.717, 1.165) is 18.7 Å². The summed E-state index contributed by atoms with van der Waals surface area (Å²) in [6.45, 7) is 7.54. The Bertz CT molecular complexity index is 429. The summed E-state index contributed by atoms with van der Waals surface area (Å²) < 4.78 is 5.53. The minimum Gasteiger partial charge on any atom is -0.444 e. The van der Waals surface area contributed by atoms with Crippen LogP contribution in [0.25, 0.3) is 0 Å². The number of nitrogens with one attached hydrogen (secondary N) is 1. The molecule has 112 valence electrons. The number of hydrogen-bond donors (Lipinski definition) is 1. The molecule has 2 atom stereocenters. The number of rotatable bonds is 7. The molecule has 0 aliphatic heterocycles. The second kappa shape index (κ2) is 8.05. The van der Waals surface area contributed by atoms with Gasteiger partial charge in [-0.1, -0.05) is 32.9 Å². The Morgan fingerprint density at radius 1 is 1.30 bits per heavy atom. The largest absolute Gasteiger partial charge is 0.444 e. The van der Waals surface area contributed by atoms with Gasteiger partial charge >= 0.3 is 0 Å². The molecule has 0 bridgehead atoms. The lowest BCUT2D eigenvalue weighted by Crippen LogP contribution is -2.24. The maximum absolute atomic E-state index is 7.65. The van der Waals surface area contributed by atoms with Crippen LogP contribution in [0.1, 0.15) is 45.1 Å². The molecule has 0 spiro atoms. The van der Waals surface area contributed by atoms with E-state index < -0.39 is 0 Å². The molecule has 0 amide bonds. The van der Waals surface area contributed by atoms with Crippen molar-refractivity contribution in [3.05, 3.63) is 29.8 Å². The highest BCUT2D eigenvalue weighted by Gasteiger charge is 2.18. The van der Waals surface area contributed by atoms with Crippen molar-refractivity contribution in [3.63, 3.8) is 0 Å². The van der Waals surface area contributed by atoms with E-state index in [4.69, 9.17) is 10.1 Å². The summed E-state index contributed by atoms with van der Waals surface area (Å²) in [5.41, 5.74) is 1.31. The molecule has 0 aliphatic rings. The maximum Gasteiger partial charge on any atom is 0.187 e. The van der Waals surface area contributed by atoms with E-state index in [9.17, 15) is 0 Å². The minimum absolute atomic E-state index is 0.316. The zero-order valence-corrected chi connectivity index (χ0v) is 13.4. The zero-order valence-electron chi connectivity index (χ0n) is 13.4. The van der Waals surface area contributed by atoms with E-state index in [0.29, 0.717) is 24.2 Å². The summed E-state index contributed by atoms with van der Waals surface area (Å²) in [4.78, 5) is 2.24. The van der Waals surface area contributed by atoms with Crippen LogP contribution in [0.2, 0.25) is 0 Å². The molecular weight excluding hydrogens is 248 g/mol. The first-order valence-electron chi connectivity index (χ1n) is 7.47. The van der Waals surface area contributed by atoms with Crippen molar-refractivity contribution in [3.8, 4) is 5.75 Å². The monoisotopic (exact) mass is 276 g/mol. The van der Waals surface area contributed by atoms with Crippen LogP contribution in [0.5, 0.6) is 5.75 Å². The van der Waals surface area contributed by atoms with Gasteiger partial charge in [0.2, 0.25) is 0 Å². The normalized spacial score (nSPS) is 14.1. The van der Waals surface area contributed by atoms with Crippen LogP contribution in [0.15, 0.2) is 24.3 Å². The highest BCUT2D eigenvalue weighted by molar-refractivity contribution is 5.74. The molecule has 1 aromatic carbocycles. The molecule has 0 aromatic heterocycles. The molecule has 1 aromatic rings. The second-order valence-corrected chi connectivity index (χ2v) is 5.71. The summed E-state index contributed by atoms with van der Waals surface area (Å²) in [6, 6.07) is 8.21. The van der Waals surface area contributed by atoms with Crippen LogP contribution in [0.4, 0.5) is 0 Å². The van der Waals surface area contributed by atoms with Gasteiger partial charge in [0.1, 0.15) is 5.75 Å². The van der Waals surface area contributed by atoms with Crippen molar-refractivity contribution in [1.82, 2.24) is 4.90 Å². The van der Waals surface area contributed by atoms with Gasteiger partial charge < -0.3 is 9.64 Å². The third-order valence-corrected chi connectivity index (χ3v) is 3.63. The highest BCUT2D eigenvalue weighted by atomic mass is 16.5. The zero-order chi connectivity index (χ0) is 15.1. The SMILES string of the molecule is CCC(=N)Oc1cccc(C(CC)C(C)CN(C)C)c1. The van der Waals surface area contributed by atoms with Gasteiger partial charge in [-0.3, -0.25) is 5.41 Å².